The Morgan fingerprint density at radius 1 is 1.21 bits per heavy atom. The number of hydrogen-bond acceptors (Lipinski definition) is 3. The zero-order valence-electron chi connectivity index (χ0n) is 13.5. The fourth-order valence-electron chi connectivity index (χ4n) is 2.56. The lowest BCUT2D eigenvalue weighted by molar-refractivity contribution is -0.116. The zero-order valence-corrected chi connectivity index (χ0v) is 13.5. The van der Waals surface area contributed by atoms with Crippen molar-refractivity contribution in [2.24, 2.45) is 0 Å². The third-order valence-corrected chi connectivity index (χ3v) is 3.69. The molecule has 0 spiro atoms. The summed E-state index contributed by atoms with van der Waals surface area (Å²) in [7, 11) is 1.65. The molecule has 0 aliphatic carbocycles. The average Bonchev–Trinajstić information content (AvgIpc) is 3.09. The summed E-state index contributed by atoms with van der Waals surface area (Å²) in [6, 6.07) is 15.8. The highest BCUT2D eigenvalue weighted by Gasteiger charge is 2.08. The first-order valence-corrected chi connectivity index (χ1v) is 7.71. The van der Waals surface area contributed by atoms with Crippen LogP contribution in [0.15, 0.2) is 67.3 Å². The molecule has 2 aromatic carbocycles. The zero-order chi connectivity index (χ0) is 16.8. The van der Waals surface area contributed by atoms with E-state index in [1.807, 2.05) is 36.4 Å². The van der Waals surface area contributed by atoms with Crippen LogP contribution in [0.5, 0.6) is 5.75 Å². The highest BCUT2D eigenvalue weighted by atomic mass is 16.5. The molecule has 1 amide bonds. The number of methoxy groups -OCH3 is 1. The summed E-state index contributed by atoms with van der Waals surface area (Å²) in [6.45, 7) is 0.236. The normalized spacial score (nSPS) is 10.4. The minimum absolute atomic E-state index is 0.0937. The molecule has 0 unspecified atom stereocenters. The fraction of sp³-hybridized carbons (Fsp3) is 0.158. The number of benzene rings is 2. The van der Waals surface area contributed by atoms with Gasteiger partial charge in [0.1, 0.15) is 12.3 Å². The Hall–Kier alpha value is -3.08. The van der Waals surface area contributed by atoms with Crippen molar-refractivity contribution in [1.82, 2.24) is 9.55 Å². The molecule has 0 aliphatic heterocycles. The SMILES string of the molecule is COc1ccc(NC(=O)Cn2ccnc2)cc1Cc1ccccc1. The number of nitrogens with zero attached hydrogens (tertiary/aromatic N) is 2. The van der Waals surface area contributed by atoms with Gasteiger partial charge >= 0.3 is 0 Å². The number of nitrogens with one attached hydrogen (secondary N) is 1. The number of aromatic nitrogens is 2. The van der Waals surface area contributed by atoms with E-state index in [2.05, 4.69) is 22.4 Å². The van der Waals surface area contributed by atoms with E-state index in [1.54, 1.807) is 30.4 Å². The van der Waals surface area contributed by atoms with Crippen LogP contribution in [0.1, 0.15) is 11.1 Å². The minimum atomic E-state index is -0.0937. The molecule has 122 valence electrons. The van der Waals surface area contributed by atoms with E-state index >= 15 is 0 Å². The predicted octanol–water partition coefficient (Wildman–Crippen LogP) is 3.12. The van der Waals surface area contributed by atoms with Gasteiger partial charge in [0.15, 0.2) is 0 Å². The lowest BCUT2D eigenvalue weighted by atomic mass is 10.0. The second-order valence-electron chi connectivity index (χ2n) is 5.47. The molecule has 3 rings (SSSR count). The van der Waals surface area contributed by atoms with Crippen LogP contribution in [0.25, 0.3) is 0 Å². The number of hydrogen-bond donors (Lipinski definition) is 1. The van der Waals surface area contributed by atoms with Gasteiger partial charge in [-0.2, -0.15) is 0 Å². The molecule has 5 nitrogen and oxygen atoms in total. The van der Waals surface area contributed by atoms with Crippen molar-refractivity contribution >= 4 is 11.6 Å². The summed E-state index contributed by atoms with van der Waals surface area (Å²) in [5.41, 5.74) is 2.98. The van der Waals surface area contributed by atoms with Crippen LogP contribution in [-0.2, 0) is 17.8 Å². The number of rotatable bonds is 6. The molecule has 1 aromatic heterocycles. The van der Waals surface area contributed by atoms with Gasteiger partial charge in [0.05, 0.1) is 13.4 Å². The first kappa shape index (κ1) is 15.8. The van der Waals surface area contributed by atoms with E-state index in [0.717, 1.165) is 23.4 Å². The second-order valence-corrected chi connectivity index (χ2v) is 5.47. The number of amides is 1. The van der Waals surface area contributed by atoms with Crippen LogP contribution in [0.3, 0.4) is 0 Å². The van der Waals surface area contributed by atoms with Gasteiger partial charge in [-0.25, -0.2) is 4.98 Å². The molecule has 0 saturated heterocycles. The van der Waals surface area contributed by atoms with Crippen molar-refractivity contribution in [3.05, 3.63) is 78.4 Å². The van der Waals surface area contributed by atoms with Crippen molar-refractivity contribution in [3.63, 3.8) is 0 Å². The van der Waals surface area contributed by atoms with E-state index in [-0.39, 0.29) is 12.5 Å². The Morgan fingerprint density at radius 3 is 2.75 bits per heavy atom. The standard InChI is InChI=1S/C19H19N3O2/c1-24-18-8-7-17(21-19(23)13-22-10-9-20-14-22)12-16(18)11-15-5-3-2-4-6-15/h2-10,12,14H,11,13H2,1H3,(H,21,23). The van der Waals surface area contributed by atoms with E-state index in [9.17, 15) is 4.79 Å². The first-order chi connectivity index (χ1) is 11.7. The van der Waals surface area contributed by atoms with Crippen LogP contribution in [0.2, 0.25) is 0 Å². The van der Waals surface area contributed by atoms with E-state index in [0.29, 0.717) is 0 Å². The molecule has 1 N–H and O–H groups in total. The lowest BCUT2D eigenvalue weighted by Gasteiger charge is -2.12. The van der Waals surface area contributed by atoms with Gasteiger partial charge in [0.2, 0.25) is 5.91 Å². The maximum atomic E-state index is 12.1. The number of anilines is 1. The summed E-state index contributed by atoms with van der Waals surface area (Å²) in [5.74, 6) is 0.718. The molecule has 3 aromatic rings. The average molecular weight is 321 g/mol. The molecule has 0 atom stereocenters. The molecule has 0 bridgehead atoms. The maximum Gasteiger partial charge on any atom is 0.244 e. The lowest BCUT2D eigenvalue weighted by Crippen LogP contribution is -2.18. The summed E-state index contributed by atoms with van der Waals surface area (Å²) < 4.78 is 7.16. The monoisotopic (exact) mass is 321 g/mol. The van der Waals surface area contributed by atoms with E-state index in [4.69, 9.17) is 4.74 Å². The quantitative estimate of drug-likeness (QED) is 0.759. The van der Waals surface area contributed by atoms with Gasteiger partial charge in [-0.15, -0.1) is 0 Å². The fourth-order valence-corrected chi connectivity index (χ4v) is 2.56. The van der Waals surface area contributed by atoms with Gasteiger partial charge in [0, 0.05) is 30.1 Å². The molecular weight excluding hydrogens is 302 g/mol. The number of carbonyl (C=O) groups excluding carboxylic acids is 1. The molecule has 0 aliphatic rings. The highest BCUT2D eigenvalue weighted by Crippen LogP contribution is 2.25. The summed E-state index contributed by atoms with van der Waals surface area (Å²) >= 11 is 0. The summed E-state index contributed by atoms with van der Waals surface area (Å²) in [6.07, 6.45) is 5.77. The van der Waals surface area contributed by atoms with Crippen molar-refractivity contribution in [3.8, 4) is 5.75 Å². The van der Waals surface area contributed by atoms with Gasteiger partial charge in [0.25, 0.3) is 0 Å². The topological polar surface area (TPSA) is 56.1 Å². The van der Waals surface area contributed by atoms with Crippen LogP contribution in [0, 0.1) is 0 Å². The molecule has 5 heteroatoms. The van der Waals surface area contributed by atoms with Gasteiger partial charge in [-0.3, -0.25) is 4.79 Å². The van der Waals surface area contributed by atoms with Gasteiger partial charge < -0.3 is 14.6 Å². The van der Waals surface area contributed by atoms with Crippen LogP contribution >= 0.6 is 0 Å². The molecule has 0 saturated carbocycles. The number of imidazole rings is 1. The van der Waals surface area contributed by atoms with E-state index < -0.39 is 0 Å². The third-order valence-electron chi connectivity index (χ3n) is 3.69. The largest absolute Gasteiger partial charge is 0.496 e. The summed E-state index contributed by atoms with van der Waals surface area (Å²) in [5, 5.41) is 2.91. The Balaban J connectivity index is 1.74. The highest BCUT2D eigenvalue weighted by molar-refractivity contribution is 5.90. The van der Waals surface area contributed by atoms with Crippen molar-refractivity contribution in [2.75, 3.05) is 12.4 Å². The molecule has 1 heterocycles. The van der Waals surface area contributed by atoms with E-state index in [1.165, 1.54) is 5.56 Å². The molecular formula is C19H19N3O2. The molecule has 24 heavy (non-hydrogen) atoms. The predicted molar refractivity (Wildman–Crippen MR) is 93.1 cm³/mol. The third kappa shape index (κ3) is 4.01. The maximum absolute atomic E-state index is 12.1. The van der Waals surface area contributed by atoms with Crippen molar-refractivity contribution in [2.45, 2.75) is 13.0 Å². The number of ether oxygens (including phenoxy) is 1. The van der Waals surface area contributed by atoms with Gasteiger partial charge in [-0.1, -0.05) is 30.3 Å². The Bertz CT molecular complexity index is 799. The van der Waals surface area contributed by atoms with Crippen molar-refractivity contribution in [1.29, 1.82) is 0 Å². The minimum Gasteiger partial charge on any atom is -0.496 e. The second kappa shape index (κ2) is 7.46. The smallest absolute Gasteiger partial charge is 0.244 e. The molecule has 0 radical (unpaired) electrons. The van der Waals surface area contributed by atoms with Crippen LogP contribution in [-0.4, -0.2) is 22.6 Å². The Kier molecular flexibility index (Phi) is 4.91. The number of carbonyl (C=O) groups is 1. The Morgan fingerprint density at radius 2 is 2.04 bits per heavy atom. The van der Waals surface area contributed by atoms with Gasteiger partial charge in [-0.05, 0) is 23.8 Å². The first-order valence-electron chi connectivity index (χ1n) is 7.71. The van der Waals surface area contributed by atoms with Crippen molar-refractivity contribution < 1.29 is 9.53 Å². The molecule has 0 fully saturated rings. The van der Waals surface area contributed by atoms with Crippen LogP contribution in [0.4, 0.5) is 5.69 Å². The summed E-state index contributed by atoms with van der Waals surface area (Å²) in [4.78, 5) is 16.0. The Labute approximate surface area is 140 Å². The van der Waals surface area contributed by atoms with Crippen LogP contribution < -0.4 is 10.1 Å².